The predicted octanol–water partition coefficient (Wildman–Crippen LogP) is 2.87. The smallest absolute Gasteiger partial charge is 0.251 e. The summed E-state index contributed by atoms with van der Waals surface area (Å²) < 4.78 is 31.2. The van der Waals surface area contributed by atoms with Crippen molar-refractivity contribution in [1.82, 2.24) is 9.62 Å². The molecule has 0 aromatic heterocycles. The van der Waals surface area contributed by atoms with Gasteiger partial charge in [0, 0.05) is 32.1 Å². The lowest BCUT2D eigenvalue weighted by atomic mass is 9.96. The first-order valence-electron chi connectivity index (χ1n) is 8.75. The van der Waals surface area contributed by atoms with Gasteiger partial charge in [0.2, 0.25) is 10.0 Å². The number of carbonyl (C=O) groups excluding carboxylic acids is 1. The second-order valence-electron chi connectivity index (χ2n) is 6.38. The average Bonchev–Trinajstić information content (AvgIpc) is 2.68. The van der Waals surface area contributed by atoms with Crippen molar-refractivity contribution < 1.29 is 17.9 Å². The van der Waals surface area contributed by atoms with Crippen LogP contribution in [0.2, 0.25) is 0 Å². The average molecular weight is 391 g/mol. The third kappa shape index (κ3) is 4.87. The van der Waals surface area contributed by atoms with Crippen LogP contribution in [0.1, 0.15) is 35.2 Å². The van der Waals surface area contributed by atoms with Gasteiger partial charge in [-0.3, -0.25) is 4.79 Å². The van der Waals surface area contributed by atoms with Gasteiger partial charge in [-0.25, -0.2) is 12.7 Å². The fraction of sp³-hybridized carbons (Fsp3) is 0.350. The molecule has 146 valence electrons. The number of sulfonamides is 1. The van der Waals surface area contributed by atoms with Gasteiger partial charge in [0.05, 0.1) is 7.11 Å². The van der Waals surface area contributed by atoms with Gasteiger partial charge >= 0.3 is 0 Å². The van der Waals surface area contributed by atoms with E-state index in [-0.39, 0.29) is 28.0 Å². The van der Waals surface area contributed by atoms with Gasteiger partial charge in [-0.2, -0.15) is 0 Å². The molecule has 0 aliphatic rings. The van der Waals surface area contributed by atoms with Crippen molar-refractivity contribution in [2.45, 2.75) is 24.2 Å². The highest BCUT2D eigenvalue weighted by molar-refractivity contribution is 7.89. The highest BCUT2D eigenvalue weighted by atomic mass is 32.2. The molecule has 7 heteroatoms. The summed E-state index contributed by atoms with van der Waals surface area (Å²) in [6, 6.07) is 14.4. The normalized spacial score (nSPS) is 12.6. The summed E-state index contributed by atoms with van der Waals surface area (Å²) in [5.74, 6) is 0.0802. The van der Waals surface area contributed by atoms with Crippen molar-refractivity contribution >= 4 is 15.9 Å². The Kier molecular flexibility index (Phi) is 6.98. The Hall–Kier alpha value is -2.38. The van der Waals surface area contributed by atoms with E-state index in [4.69, 9.17) is 4.74 Å². The van der Waals surface area contributed by atoms with E-state index < -0.39 is 10.0 Å². The maximum Gasteiger partial charge on any atom is 0.251 e. The van der Waals surface area contributed by atoms with E-state index in [0.717, 1.165) is 16.3 Å². The summed E-state index contributed by atoms with van der Waals surface area (Å²) in [5, 5.41) is 2.91. The van der Waals surface area contributed by atoms with Crippen LogP contribution in [-0.4, -0.2) is 46.4 Å². The first kappa shape index (κ1) is 20.9. The van der Waals surface area contributed by atoms with E-state index in [9.17, 15) is 13.2 Å². The molecule has 1 amide bonds. The standard InChI is InChI=1S/C20H26N2O4S/c1-5-15(16-9-7-6-8-10-16)14-21-20(23)17-11-12-18(26-4)19(13-17)27(24,25)22(2)3/h6-13,15H,5,14H2,1-4H3,(H,21,23). The number of hydrogen-bond acceptors (Lipinski definition) is 4. The molecular formula is C20H26N2O4S. The van der Waals surface area contributed by atoms with Crippen LogP contribution in [0, 0.1) is 0 Å². The number of nitrogens with zero attached hydrogens (tertiary/aromatic N) is 1. The Morgan fingerprint density at radius 2 is 1.81 bits per heavy atom. The fourth-order valence-corrected chi connectivity index (χ4v) is 3.83. The van der Waals surface area contributed by atoms with Gasteiger partial charge in [0.15, 0.2) is 0 Å². The van der Waals surface area contributed by atoms with Gasteiger partial charge in [0.25, 0.3) is 5.91 Å². The molecule has 2 rings (SSSR count). The van der Waals surface area contributed by atoms with Crippen LogP contribution in [0.4, 0.5) is 0 Å². The second-order valence-corrected chi connectivity index (χ2v) is 8.50. The number of methoxy groups -OCH3 is 1. The van der Waals surface area contributed by atoms with Gasteiger partial charge in [-0.1, -0.05) is 37.3 Å². The molecular weight excluding hydrogens is 364 g/mol. The van der Waals surface area contributed by atoms with Gasteiger partial charge in [-0.05, 0) is 30.2 Å². The molecule has 0 spiro atoms. The molecule has 0 saturated carbocycles. The maximum absolute atomic E-state index is 12.6. The molecule has 0 heterocycles. The summed E-state index contributed by atoms with van der Waals surface area (Å²) in [5.41, 5.74) is 1.44. The summed E-state index contributed by atoms with van der Waals surface area (Å²) in [4.78, 5) is 12.6. The Morgan fingerprint density at radius 3 is 2.37 bits per heavy atom. The summed E-state index contributed by atoms with van der Waals surface area (Å²) >= 11 is 0. The molecule has 0 saturated heterocycles. The molecule has 1 atom stereocenters. The number of hydrogen-bond donors (Lipinski definition) is 1. The zero-order chi connectivity index (χ0) is 20.0. The number of amides is 1. The summed E-state index contributed by atoms with van der Waals surface area (Å²) in [6.07, 6.45) is 0.882. The van der Waals surface area contributed by atoms with Gasteiger partial charge < -0.3 is 10.1 Å². The molecule has 0 radical (unpaired) electrons. The number of ether oxygens (including phenoxy) is 1. The van der Waals surface area contributed by atoms with Gasteiger partial charge in [0.1, 0.15) is 10.6 Å². The van der Waals surface area contributed by atoms with Crippen LogP contribution in [0.5, 0.6) is 5.75 Å². The van der Waals surface area contributed by atoms with Crippen molar-refractivity contribution in [2.75, 3.05) is 27.7 Å². The Morgan fingerprint density at radius 1 is 1.15 bits per heavy atom. The lowest BCUT2D eigenvalue weighted by Gasteiger charge is -2.17. The Balaban J connectivity index is 2.21. The van der Waals surface area contributed by atoms with Gasteiger partial charge in [-0.15, -0.1) is 0 Å². The van der Waals surface area contributed by atoms with Crippen molar-refractivity contribution in [3.63, 3.8) is 0 Å². The van der Waals surface area contributed by atoms with Crippen LogP contribution < -0.4 is 10.1 Å². The lowest BCUT2D eigenvalue weighted by Crippen LogP contribution is -2.29. The monoisotopic (exact) mass is 390 g/mol. The minimum Gasteiger partial charge on any atom is -0.495 e. The topological polar surface area (TPSA) is 75.7 Å². The lowest BCUT2D eigenvalue weighted by molar-refractivity contribution is 0.0950. The van der Waals surface area contributed by atoms with E-state index in [1.807, 2.05) is 30.3 Å². The first-order chi connectivity index (χ1) is 12.8. The Bertz CT molecular complexity index is 880. The zero-order valence-corrected chi connectivity index (χ0v) is 16.9. The van der Waals surface area contributed by atoms with E-state index in [1.54, 1.807) is 6.07 Å². The van der Waals surface area contributed by atoms with E-state index in [0.29, 0.717) is 6.54 Å². The molecule has 0 aliphatic heterocycles. The minimum atomic E-state index is -3.73. The third-order valence-electron chi connectivity index (χ3n) is 4.46. The molecule has 2 aromatic carbocycles. The quantitative estimate of drug-likeness (QED) is 0.752. The first-order valence-corrected chi connectivity index (χ1v) is 10.2. The van der Waals surface area contributed by atoms with Crippen molar-refractivity contribution in [3.8, 4) is 5.75 Å². The fourth-order valence-electron chi connectivity index (χ4n) is 2.76. The van der Waals surface area contributed by atoms with Crippen molar-refractivity contribution in [3.05, 3.63) is 59.7 Å². The largest absolute Gasteiger partial charge is 0.495 e. The number of carbonyl (C=O) groups is 1. The number of benzene rings is 2. The number of rotatable bonds is 8. The second kappa shape index (κ2) is 9.01. The summed E-state index contributed by atoms with van der Waals surface area (Å²) in [6.45, 7) is 2.54. The number of nitrogens with one attached hydrogen (secondary N) is 1. The SMILES string of the molecule is CCC(CNC(=O)c1ccc(OC)c(S(=O)(=O)N(C)C)c1)c1ccccc1. The molecule has 6 nitrogen and oxygen atoms in total. The summed E-state index contributed by atoms with van der Waals surface area (Å²) in [7, 11) is 0.547. The van der Waals surface area contributed by atoms with Crippen LogP contribution in [0.25, 0.3) is 0 Å². The molecule has 0 aliphatic carbocycles. The zero-order valence-electron chi connectivity index (χ0n) is 16.1. The van der Waals surface area contributed by atoms with Crippen molar-refractivity contribution in [1.29, 1.82) is 0 Å². The van der Waals surface area contributed by atoms with Crippen molar-refractivity contribution in [2.24, 2.45) is 0 Å². The molecule has 27 heavy (non-hydrogen) atoms. The molecule has 0 bridgehead atoms. The molecule has 1 unspecified atom stereocenters. The molecule has 2 aromatic rings. The van der Waals surface area contributed by atoms with E-state index in [1.165, 1.54) is 33.3 Å². The van der Waals surface area contributed by atoms with E-state index in [2.05, 4.69) is 12.2 Å². The van der Waals surface area contributed by atoms with Crippen LogP contribution in [0.3, 0.4) is 0 Å². The minimum absolute atomic E-state index is 0.0299. The third-order valence-corrected chi connectivity index (χ3v) is 6.29. The highest BCUT2D eigenvalue weighted by Gasteiger charge is 2.24. The molecule has 0 fully saturated rings. The van der Waals surface area contributed by atoms with Crippen LogP contribution >= 0.6 is 0 Å². The maximum atomic E-state index is 12.6. The Labute approximate surface area is 161 Å². The van der Waals surface area contributed by atoms with Crippen LogP contribution in [0.15, 0.2) is 53.4 Å². The highest BCUT2D eigenvalue weighted by Crippen LogP contribution is 2.27. The van der Waals surface area contributed by atoms with E-state index >= 15 is 0 Å². The predicted molar refractivity (Wildman–Crippen MR) is 106 cm³/mol. The van der Waals surface area contributed by atoms with Crippen LogP contribution in [-0.2, 0) is 10.0 Å². The molecule has 1 N–H and O–H groups in total.